The minimum absolute atomic E-state index is 0. The molecule has 1 aliphatic rings. The number of aryl methyl sites for hydroxylation is 1. The molecule has 3 aromatic heterocycles. The second-order valence-corrected chi connectivity index (χ2v) is 7.99. The number of hydrogen-bond donors (Lipinski definition) is 1. The first-order chi connectivity index (χ1) is 15.8. The first-order valence-corrected chi connectivity index (χ1v) is 10.2. The number of fused-ring (bicyclic) bond motifs is 1. The highest BCUT2D eigenvalue weighted by molar-refractivity contribution is 7.59. The molecule has 1 aromatic carbocycles. The Morgan fingerprint density at radius 1 is 1.20 bits per heavy atom. The van der Waals surface area contributed by atoms with Crippen molar-refractivity contribution in [2.75, 3.05) is 17.2 Å². The predicted octanol–water partition coefficient (Wildman–Crippen LogP) is 2.74. The van der Waals surface area contributed by atoms with Crippen molar-refractivity contribution in [1.82, 2.24) is 24.1 Å². The minimum Gasteiger partial charge on any atom is -0.368 e. The highest BCUT2D eigenvalue weighted by Crippen LogP contribution is 2.42. The second-order valence-electron chi connectivity index (χ2n) is 7.99. The molecular formula is C22H22F2N8OS2. The number of nitrogens with zero attached hydrogens (tertiary/aromatic N) is 7. The minimum atomic E-state index is -0.728. The van der Waals surface area contributed by atoms with E-state index in [1.807, 2.05) is 6.92 Å². The predicted molar refractivity (Wildman–Crippen MR) is 137 cm³/mol. The van der Waals surface area contributed by atoms with Gasteiger partial charge in [-0.05, 0) is 31.2 Å². The molecule has 2 N–H and O–H groups in total. The quantitative estimate of drug-likeness (QED) is 0.445. The summed E-state index contributed by atoms with van der Waals surface area (Å²) in [5.41, 5.74) is 5.81. The topological polar surface area (TPSA) is 118 Å². The van der Waals surface area contributed by atoms with E-state index in [-0.39, 0.29) is 61.4 Å². The molecule has 1 fully saturated rings. The van der Waals surface area contributed by atoms with Gasteiger partial charge in [0.1, 0.15) is 17.4 Å². The number of halogens is 2. The fraction of sp³-hybridized carbons (Fsp3) is 0.227. The Hall–Kier alpha value is -3.63. The number of aromatic nitrogens is 5. The standard InChI is InChI=1S/C22H18F2N8O.2H2S/c1-11-10-30(19-15(9-25)12(2)27-22(26)28-19)17(11)20-29-31-7-6-16(24)18(31)21(33)32(20)14-5-3-4-13(23)8-14;;/h3-8,11,17H,10H2,1-2H3,(H2,26,27,28);2*1H2/t11-,17-;;/m0../s1. The van der Waals surface area contributed by atoms with Crippen LogP contribution in [-0.4, -0.2) is 30.7 Å². The third-order valence-electron chi connectivity index (χ3n) is 5.82. The van der Waals surface area contributed by atoms with E-state index in [1.54, 1.807) is 17.9 Å². The summed E-state index contributed by atoms with van der Waals surface area (Å²) in [4.78, 5) is 23.5. The van der Waals surface area contributed by atoms with Crippen LogP contribution in [0.4, 0.5) is 20.5 Å². The molecule has 9 nitrogen and oxygen atoms in total. The molecule has 0 aliphatic carbocycles. The van der Waals surface area contributed by atoms with Gasteiger partial charge in [0, 0.05) is 18.7 Å². The van der Waals surface area contributed by atoms with Gasteiger partial charge in [0.25, 0.3) is 5.56 Å². The van der Waals surface area contributed by atoms with Crippen LogP contribution in [0.1, 0.15) is 30.0 Å². The molecular weight excluding hydrogens is 494 g/mol. The van der Waals surface area contributed by atoms with Gasteiger partial charge in [-0.1, -0.05) is 13.0 Å². The molecule has 13 heteroatoms. The van der Waals surface area contributed by atoms with Crippen molar-refractivity contribution in [3.63, 3.8) is 0 Å². The van der Waals surface area contributed by atoms with Crippen molar-refractivity contribution in [3.05, 3.63) is 75.6 Å². The van der Waals surface area contributed by atoms with Crippen LogP contribution in [0, 0.1) is 35.8 Å². The summed E-state index contributed by atoms with van der Waals surface area (Å²) in [6.07, 6.45) is 1.35. The summed E-state index contributed by atoms with van der Waals surface area (Å²) in [5.74, 6) is -0.703. The normalized spacial score (nSPS) is 16.7. The molecule has 0 radical (unpaired) electrons. The lowest BCUT2D eigenvalue weighted by Crippen LogP contribution is -2.52. The van der Waals surface area contributed by atoms with Gasteiger partial charge in [-0.3, -0.25) is 9.36 Å². The molecule has 4 heterocycles. The van der Waals surface area contributed by atoms with E-state index in [0.29, 0.717) is 18.1 Å². The molecule has 4 aromatic rings. The average molecular weight is 517 g/mol. The van der Waals surface area contributed by atoms with Crippen LogP contribution in [0.3, 0.4) is 0 Å². The highest BCUT2D eigenvalue weighted by atomic mass is 32.1. The number of nitrogen functional groups attached to an aromatic ring is 1. The van der Waals surface area contributed by atoms with Crippen LogP contribution < -0.4 is 16.2 Å². The Morgan fingerprint density at radius 3 is 2.60 bits per heavy atom. The molecule has 182 valence electrons. The molecule has 0 unspecified atom stereocenters. The van der Waals surface area contributed by atoms with Gasteiger partial charge in [-0.15, -0.1) is 0 Å². The summed E-state index contributed by atoms with van der Waals surface area (Å²) >= 11 is 0. The maximum absolute atomic E-state index is 14.4. The first kappa shape index (κ1) is 26.0. The Balaban J connectivity index is 0.00000171. The van der Waals surface area contributed by atoms with Crippen molar-refractivity contribution in [2.24, 2.45) is 5.92 Å². The fourth-order valence-corrected chi connectivity index (χ4v) is 4.33. The molecule has 35 heavy (non-hydrogen) atoms. The third kappa shape index (κ3) is 4.08. The zero-order valence-corrected chi connectivity index (χ0v) is 20.7. The van der Waals surface area contributed by atoms with Crippen LogP contribution in [0.5, 0.6) is 0 Å². The van der Waals surface area contributed by atoms with E-state index in [2.05, 4.69) is 21.1 Å². The summed E-state index contributed by atoms with van der Waals surface area (Å²) in [5, 5.41) is 14.2. The zero-order valence-electron chi connectivity index (χ0n) is 18.7. The van der Waals surface area contributed by atoms with Gasteiger partial charge in [0.15, 0.2) is 23.0 Å². The molecule has 2 atom stereocenters. The summed E-state index contributed by atoms with van der Waals surface area (Å²) in [6.45, 7) is 4.12. The number of hydrogen-bond acceptors (Lipinski definition) is 7. The largest absolute Gasteiger partial charge is 0.368 e. The first-order valence-electron chi connectivity index (χ1n) is 10.2. The smallest absolute Gasteiger partial charge is 0.285 e. The third-order valence-corrected chi connectivity index (χ3v) is 5.82. The van der Waals surface area contributed by atoms with Crippen molar-refractivity contribution < 1.29 is 8.78 Å². The Kier molecular flexibility index (Phi) is 7.09. The van der Waals surface area contributed by atoms with E-state index in [1.165, 1.54) is 33.5 Å². The van der Waals surface area contributed by atoms with E-state index >= 15 is 0 Å². The highest BCUT2D eigenvalue weighted by Gasteiger charge is 2.43. The second kappa shape index (κ2) is 9.55. The summed E-state index contributed by atoms with van der Waals surface area (Å²) < 4.78 is 30.8. The summed E-state index contributed by atoms with van der Waals surface area (Å²) in [6, 6.07) is 8.19. The Bertz CT molecular complexity index is 1530. The van der Waals surface area contributed by atoms with E-state index in [4.69, 9.17) is 5.73 Å². The lowest BCUT2D eigenvalue weighted by atomic mass is 9.88. The maximum Gasteiger partial charge on any atom is 0.285 e. The molecule has 0 bridgehead atoms. The molecule has 0 saturated carbocycles. The number of anilines is 2. The van der Waals surface area contributed by atoms with Crippen LogP contribution in [0.2, 0.25) is 0 Å². The van der Waals surface area contributed by atoms with Crippen LogP contribution in [0.15, 0.2) is 41.3 Å². The molecule has 0 spiro atoms. The van der Waals surface area contributed by atoms with Crippen LogP contribution in [0.25, 0.3) is 11.2 Å². The maximum atomic E-state index is 14.4. The van der Waals surface area contributed by atoms with Crippen molar-refractivity contribution in [1.29, 1.82) is 5.26 Å². The number of nitrogens with two attached hydrogens (primary N) is 1. The SMILES string of the molecule is Cc1nc(N)nc(N2C[C@H](C)[C@H]2c2nn3ccc(F)c3c(=O)n2-c2cccc(F)c2)c1C#N.S.S. The number of benzene rings is 1. The molecule has 0 amide bonds. The number of rotatable bonds is 3. The Labute approximate surface area is 212 Å². The van der Waals surface area contributed by atoms with E-state index in [0.717, 1.165) is 6.07 Å². The van der Waals surface area contributed by atoms with E-state index in [9.17, 15) is 18.8 Å². The van der Waals surface area contributed by atoms with Gasteiger partial charge in [-0.25, -0.2) is 18.3 Å². The van der Waals surface area contributed by atoms with Gasteiger partial charge in [-0.2, -0.15) is 42.3 Å². The fourth-order valence-electron chi connectivity index (χ4n) is 4.33. The summed E-state index contributed by atoms with van der Waals surface area (Å²) in [7, 11) is 0. The van der Waals surface area contributed by atoms with Gasteiger partial charge in [0.2, 0.25) is 5.95 Å². The molecule has 1 aliphatic heterocycles. The lowest BCUT2D eigenvalue weighted by Gasteiger charge is -2.47. The van der Waals surface area contributed by atoms with Gasteiger partial charge in [0.05, 0.1) is 17.4 Å². The van der Waals surface area contributed by atoms with Gasteiger partial charge < -0.3 is 10.6 Å². The van der Waals surface area contributed by atoms with Crippen LogP contribution >= 0.6 is 27.0 Å². The molecule has 1 saturated heterocycles. The van der Waals surface area contributed by atoms with Crippen molar-refractivity contribution >= 4 is 44.3 Å². The van der Waals surface area contributed by atoms with Crippen molar-refractivity contribution in [3.8, 4) is 11.8 Å². The average Bonchev–Trinajstić information content (AvgIpc) is 3.12. The van der Waals surface area contributed by atoms with Gasteiger partial charge >= 0.3 is 0 Å². The zero-order chi connectivity index (χ0) is 23.4. The monoisotopic (exact) mass is 516 g/mol. The van der Waals surface area contributed by atoms with Crippen molar-refractivity contribution in [2.45, 2.75) is 19.9 Å². The van der Waals surface area contributed by atoms with Crippen LogP contribution in [-0.2, 0) is 0 Å². The number of nitriles is 1. The van der Waals surface area contributed by atoms with E-state index < -0.39 is 23.2 Å². The Morgan fingerprint density at radius 2 is 1.94 bits per heavy atom. The lowest BCUT2D eigenvalue weighted by molar-refractivity contribution is 0.300. The molecule has 5 rings (SSSR count).